The van der Waals surface area contributed by atoms with E-state index in [1.54, 1.807) is 19.9 Å². The van der Waals surface area contributed by atoms with E-state index in [0.29, 0.717) is 17.0 Å². The van der Waals surface area contributed by atoms with Gasteiger partial charge in [0.1, 0.15) is 16.2 Å². The molecule has 0 aliphatic rings. The second kappa shape index (κ2) is 5.45. The lowest BCUT2D eigenvalue weighted by Crippen LogP contribution is -2.37. The molecule has 0 spiro atoms. The molecule has 0 aromatic carbocycles. The smallest absolute Gasteiger partial charge is 0.224 e. The lowest BCUT2D eigenvalue weighted by Gasteiger charge is -2.22. The zero-order valence-corrected chi connectivity index (χ0v) is 13.6. The number of rotatable bonds is 4. The molecule has 1 aromatic rings. The molecule has 0 fully saturated rings. The predicted molar refractivity (Wildman–Crippen MR) is 79.9 cm³/mol. The molecule has 0 aliphatic heterocycles. The maximum Gasteiger partial charge on any atom is 0.224 e. The van der Waals surface area contributed by atoms with Crippen LogP contribution in [0.3, 0.4) is 0 Å². The van der Waals surface area contributed by atoms with Crippen LogP contribution in [0.15, 0.2) is 10.7 Å². The molecule has 19 heavy (non-hydrogen) atoms. The summed E-state index contributed by atoms with van der Waals surface area (Å²) in [6.07, 6.45) is 0. The highest BCUT2D eigenvalue weighted by Crippen LogP contribution is 2.23. The quantitative estimate of drug-likeness (QED) is 0.832. The lowest BCUT2D eigenvalue weighted by atomic mass is 9.93. The Morgan fingerprint density at radius 3 is 2.37 bits per heavy atom. The van der Waals surface area contributed by atoms with E-state index >= 15 is 0 Å². The third kappa shape index (κ3) is 4.45. The van der Waals surface area contributed by atoms with E-state index in [9.17, 15) is 4.79 Å². The zero-order valence-electron chi connectivity index (χ0n) is 12.0. The minimum atomic E-state index is -0.626. The van der Waals surface area contributed by atoms with E-state index in [1.165, 1.54) is 0 Å². The highest BCUT2D eigenvalue weighted by Gasteiger charge is 2.25. The van der Waals surface area contributed by atoms with E-state index in [-0.39, 0.29) is 11.3 Å². The van der Waals surface area contributed by atoms with Gasteiger partial charge in [-0.25, -0.2) is 9.97 Å². The summed E-state index contributed by atoms with van der Waals surface area (Å²) in [6.45, 7) is 10.2. The molecule has 0 bridgehead atoms. The van der Waals surface area contributed by atoms with Crippen LogP contribution in [0.5, 0.6) is 0 Å². The topological polar surface area (TPSA) is 80.9 Å². The van der Waals surface area contributed by atoms with Crippen molar-refractivity contribution in [3.63, 3.8) is 0 Å². The van der Waals surface area contributed by atoms with Gasteiger partial charge in [-0.1, -0.05) is 20.8 Å². The SMILES string of the molecule is CC(C)(CNc1cc(Br)nc(C(C)(C)C)n1)C(N)=O. The summed E-state index contributed by atoms with van der Waals surface area (Å²) < 4.78 is 0.715. The fourth-order valence-corrected chi connectivity index (χ4v) is 1.63. The highest BCUT2D eigenvalue weighted by atomic mass is 79.9. The molecule has 3 N–H and O–H groups in total. The standard InChI is InChI=1S/C13H21BrN4O/c1-12(2,3)11-17-8(14)6-9(18-11)16-7-13(4,5)10(15)19/h6H,7H2,1-5H3,(H2,15,19)(H,16,17,18). The number of hydrogen-bond donors (Lipinski definition) is 2. The second-order valence-electron chi connectivity index (χ2n) is 6.25. The van der Waals surface area contributed by atoms with E-state index in [1.807, 2.05) is 20.8 Å². The van der Waals surface area contributed by atoms with Crippen molar-refractivity contribution in [3.8, 4) is 0 Å². The van der Waals surface area contributed by atoms with E-state index in [2.05, 4.69) is 31.2 Å². The molecule has 6 heteroatoms. The third-order valence-corrected chi connectivity index (χ3v) is 3.15. The predicted octanol–water partition coefficient (Wildman–Crippen LogP) is 2.46. The van der Waals surface area contributed by atoms with Crippen molar-refractivity contribution in [3.05, 3.63) is 16.5 Å². The molecule has 1 rings (SSSR count). The Morgan fingerprint density at radius 2 is 1.89 bits per heavy atom. The summed E-state index contributed by atoms with van der Waals surface area (Å²) in [5.41, 5.74) is 4.58. The third-order valence-electron chi connectivity index (χ3n) is 2.74. The normalized spacial score (nSPS) is 12.3. The molecule has 1 heterocycles. The van der Waals surface area contributed by atoms with Gasteiger partial charge in [-0.3, -0.25) is 4.79 Å². The maximum absolute atomic E-state index is 11.3. The molecular weight excluding hydrogens is 308 g/mol. The summed E-state index contributed by atoms with van der Waals surface area (Å²) in [6, 6.07) is 1.78. The molecule has 0 atom stereocenters. The van der Waals surface area contributed by atoms with Crippen LogP contribution in [0.25, 0.3) is 0 Å². The van der Waals surface area contributed by atoms with Crippen molar-refractivity contribution < 1.29 is 4.79 Å². The van der Waals surface area contributed by atoms with Gasteiger partial charge < -0.3 is 11.1 Å². The molecule has 1 aromatic heterocycles. The number of carbonyl (C=O) groups excluding carboxylic acids is 1. The first-order valence-electron chi connectivity index (χ1n) is 6.11. The van der Waals surface area contributed by atoms with E-state index in [4.69, 9.17) is 5.73 Å². The number of halogens is 1. The van der Waals surface area contributed by atoms with Crippen LogP contribution in [-0.4, -0.2) is 22.4 Å². The number of carbonyl (C=O) groups is 1. The van der Waals surface area contributed by atoms with E-state index in [0.717, 1.165) is 5.82 Å². The van der Waals surface area contributed by atoms with Gasteiger partial charge in [0.05, 0.1) is 5.41 Å². The minimum Gasteiger partial charge on any atom is -0.369 e. The number of nitrogens with two attached hydrogens (primary N) is 1. The van der Waals surface area contributed by atoms with Crippen molar-refractivity contribution >= 4 is 27.7 Å². The lowest BCUT2D eigenvalue weighted by molar-refractivity contribution is -0.125. The van der Waals surface area contributed by atoms with Gasteiger partial charge in [-0.05, 0) is 29.8 Å². The first kappa shape index (κ1) is 15.9. The van der Waals surface area contributed by atoms with Crippen LogP contribution in [-0.2, 0) is 10.2 Å². The molecule has 106 valence electrons. The number of hydrogen-bond acceptors (Lipinski definition) is 4. The summed E-state index contributed by atoms with van der Waals surface area (Å²) in [5, 5.41) is 3.14. The summed E-state index contributed by atoms with van der Waals surface area (Å²) in [4.78, 5) is 20.1. The van der Waals surface area contributed by atoms with Crippen LogP contribution in [0.1, 0.15) is 40.4 Å². The van der Waals surface area contributed by atoms with Crippen LogP contribution in [0.4, 0.5) is 5.82 Å². The fourth-order valence-electron chi connectivity index (χ4n) is 1.24. The number of aromatic nitrogens is 2. The fraction of sp³-hybridized carbons (Fsp3) is 0.615. The second-order valence-corrected chi connectivity index (χ2v) is 7.06. The highest BCUT2D eigenvalue weighted by molar-refractivity contribution is 9.10. The van der Waals surface area contributed by atoms with Gasteiger partial charge in [0.15, 0.2) is 0 Å². The van der Waals surface area contributed by atoms with Gasteiger partial charge in [0, 0.05) is 18.0 Å². The molecule has 5 nitrogen and oxygen atoms in total. The van der Waals surface area contributed by atoms with Crippen LogP contribution in [0, 0.1) is 5.41 Å². The molecule has 0 radical (unpaired) electrons. The van der Waals surface area contributed by atoms with Crippen molar-refractivity contribution in [1.82, 2.24) is 9.97 Å². The monoisotopic (exact) mass is 328 g/mol. The molecule has 1 amide bonds. The summed E-state index contributed by atoms with van der Waals surface area (Å²) >= 11 is 3.37. The van der Waals surface area contributed by atoms with Gasteiger partial charge >= 0.3 is 0 Å². The molecule has 0 saturated carbocycles. The Morgan fingerprint density at radius 1 is 1.32 bits per heavy atom. The van der Waals surface area contributed by atoms with Crippen molar-refractivity contribution in [2.45, 2.75) is 40.0 Å². The number of nitrogens with zero attached hydrogens (tertiary/aromatic N) is 2. The van der Waals surface area contributed by atoms with Gasteiger partial charge in [0.25, 0.3) is 0 Å². The Kier molecular flexibility index (Phi) is 4.55. The van der Waals surface area contributed by atoms with Crippen molar-refractivity contribution in [2.24, 2.45) is 11.1 Å². The molecular formula is C13H21BrN4O. The maximum atomic E-state index is 11.3. The van der Waals surface area contributed by atoms with Gasteiger partial charge in [-0.15, -0.1) is 0 Å². The summed E-state index contributed by atoms with van der Waals surface area (Å²) in [7, 11) is 0. The first-order chi connectivity index (χ1) is 8.52. The van der Waals surface area contributed by atoms with Crippen LogP contribution in [0.2, 0.25) is 0 Å². The van der Waals surface area contributed by atoms with Crippen molar-refractivity contribution in [2.75, 3.05) is 11.9 Å². The van der Waals surface area contributed by atoms with Gasteiger partial charge in [0.2, 0.25) is 5.91 Å². The average molecular weight is 329 g/mol. The van der Waals surface area contributed by atoms with Crippen LogP contribution >= 0.6 is 15.9 Å². The van der Waals surface area contributed by atoms with Crippen LogP contribution < -0.4 is 11.1 Å². The number of primary amides is 1. The average Bonchev–Trinajstić information content (AvgIpc) is 2.24. The molecule has 0 unspecified atom stereocenters. The zero-order chi connectivity index (χ0) is 14.8. The Labute approximate surface area is 122 Å². The summed E-state index contributed by atoms with van der Waals surface area (Å²) in [5.74, 6) is 1.08. The first-order valence-corrected chi connectivity index (χ1v) is 6.90. The minimum absolute atomic E-state index is 0.139. The van der Waals surface area contributed by atoms with Gasteiger partial charge in [-0.2, -0.15) is 0 Å². The molecule has 0 saturated heterocycles. The Hall–Kier alpha value is -1.17. The van der Waals surface area contributed by atoms with Crippen molar-refractivity contribution in [1.29, 1.82) is 0 Å². The number of nitrogens with one attached hydrogen (secondary N) is 1. The largest absolute Gasteiger partial charge is 0.369 e. The Balaban J connectivity index is 2.91. The van der Waals surface area contributed by atoms with E-state index < -0.39 is 5.41 Å². The number of amides is 1. The number of anilines is 1. The molecule has 0 aliphatic carbocycles. The Bertz CT molecular complexity index is 480.